The van der Waals surface area contributed by atoms with E-state index in [1.807, 2.05) is 12.1 Å². The lowest BCUT2D eigenvalue weighted by atomic mass is 9.85. The summed E-state index contributed by atoms with van der Waals surface area (Å²) in [7, 11) is -3.87. The maximum absolute atomic E-state index is 13.6. The standard InChI is InChI=1S/C31H29ClN6O3S/c32-27-18-34-31(36-23-8-6-7-20(17-23)30(39)35-22-15-13-21(33)14-16-22)37-29(27)26-19-38(28-12-5-4-11-25(26)28)42(40,41)24-9-2-1-3-10-24/h1-5,9-16,18-20,23H,6-8,17,33H2,(H,35,39)(H,34,36,37)/t20-,23+/m0/s1. The van der Waals surface area contributed by atoms with Gasteiger partial charge >= 0.3 is 0 Å². The van der Waals surface area contributed by atoms with Crippen LogP contribution in [0.25, 0.3) is 22.2 Å². The zero-order valence-corrected chi connectivity index (χ0v) is 24.1. The molecule has 2 atom stereocenters. The van der Waals surface area contributed by atoms with E-state index in [2.05, 4.69) is 15.6 Å². The number of anilines is 3. The predicted octanol–water partition coefficient (Wildman–Crippen LogP) is 6.18. The minimum absolute atomic E-state index is 0.0188. The van der Waals surface area contributed by atoms with Gasteiger partial charge in [0.1, 0.15) is 0 Å². The molecule has 214 valence electrons. The number of aromatic nitrogens is 3. The third-order valence-corrected chi connectivity index (χ3v) is 9.50. The van der Waals surface area contributed by atoms with Crippen LogP contribution in [-0.2, 0) is 14.8 Å². The molecule has 0 radical (unpaired) electrons. The predicted molar refractivity (Wildman–Crippen MR) is 166 cm³/mol. The van der Waals surface area contributed by atoms with Crippen LogP contribution in [0, 0.1) is 5.92 Å². The molecule has 6 rings (SSSR count). The topological polar surface area (TPSA) is 132 Å². The van der Waals surface area contributed by atoms with Gasteiger partial charge in [-0.3, -0.25) is 4.79 Å². The summed E-state index contributed by atoms with van der Waals surface area (Å²) in [5.74, 6) is 0.167. The lowest BCUT2D eigenvalue weighted by Gasteiger charge is -2.29. The fraction of sp³-hybridized carbons (Fsp3) is 0.194. The van der Waals surface area contributed by atoms with Crippen molar-refractivity contribution in [2.24, 2.45) is 5.92 Å². The van der Waals surface area contributed by atoms with Gasteiger partial charge in [-0.1, -0.05) is 54.4 Å². The summed E-state index contributed by atoms with van der Waals surface area (Å²) in [5, 5.41) is 7.36. The van der Waals surface area contributed by atoms with Gasteiger partial charge in [0.15, 0.2) is 0 Å². The van der Waals surface area contributed by atoms with E-state index in [9.17, 15) is 13.2 Å². The van der Waals surface area contributed by atoms with Crippen LogP contribution in [-0.4, -0.2) is 34.3 Å². The van der Waals surface area contributed by atoms with Gasteiger partial charge < -0.3 is 16.4 Å². The number of benzene rings is 3. The molecule has 1 aliphatic carbocycles. The molecule has 3 aromatic carbocycles. The second kappa shape index (κ2) is 11.5. The Labute approximate surface area is 248 Å². The first-order chi connectivity index (χ1) is 20.3. The van der Waals surface area contributed by atoms with Crippen molar-refractivity contribution in [3.05, 3.63) is 96.3 Å². The molecule has 1 aliphatic rings. The highest BCUT2D eigenvalue weighted by molar-refractivity contribution is 7.90. The van der Waals surface area contributed by atoms with Crippen molar-refractivity contribution in [1.29, 1.82) is 0 Å². The van der Waals surface area contributed by atoms with Crippen LogP contribution in [0.4, 0.5) is 17.3 Å². The molecule has 0 unspecified atom stereocenters. The minimum Gasteiger partial charge on any atom is -0.399 e. The van der Waals surface area contributed by atoms with E-state index in [4.69, 9.17) is 22.3 Å². The third kappa shape index (κ3) is 5.55. The van der Waals surface area contributed by atoms with E-state index in [0.29, 0.717) is 50.9 Å². The van der Waals surface area contributed by atoms with Gasteiger partial charge in [-0.05, 0) is 61.7 Å². The molecule has 9 nitrogen and oxygen atoms in total. The zero-order valence-electron chi connectivity index (χ0n) is 22.6. The highest BCUT2D eigenvalue weighted by atomic mass is 35.5. The monoisotopic (exact) mass is 600 g/mol. The molecule has 4 N–H and O–H groups in total. The summed E-state index contributed by atoms with van der Waals surface area (Å²) in [6.07, 6.45) is 6.23. The van der Waals surface area contributed by atoms with E-state index in [1.165, 1.54) is 10.2 Å². The van der Waals surface area contributed by atoms with Gasteiger partial charge in [0.05, 0.1) is 27.3 Å². The molecule has 42 heavy (non-hydrogen) atoms. The number of halogens is 1. The summed E-state index contributed by atoms with van der Waals surface area (Å²) in [4.78, 5) is 22.3. The highest BCUT2D eigenvalue weighted by Gasteiger charge is 2.28. The first-order valence-corrected chi connectivity index (χ1v) is 15.5. The molecule has 0 saturated heterocycles. The van der Waals surface area contributed by atoms with Crippen LogP contribution >= 0.6 is 11.6 Å². The molecule has 1 saturated carbocycles. The van der Waals surface area contributed by atoms with Gasteiger partial charge in [-0.15, -0.1) is 0 Å². The molecule has 2 heterocycles. The van der Waals surface area contributed by atoms with Crippen molar-refractivity contribution in [3.8, 4) is 11.3 Å². The van der Waals surface area contributed by atoms with Crippen molar-refractivity contribution in [1.82, 2.24) is 13.9 Å². The number of carbonyl (C=O) groups is 1. The Morgan fingerprint density at radius 3 is 2.50 bits per heavy atom. The largest absolute Gasteiger partial charge is 0.399 e. The second-order valence-corrected chi connectivity index (χ2v) is 12.6. The fourth-order valence-electron chi connectivity index (χ4n) is 5.42. The third-order valence-electron chi connectivity index (χ3n) is 7.53. The number of fused-ring (bicyclic) bond motifs is 1. The molecule has 0 bridgehead atoms. The number of hydrogen-bond acceptors (Lipinski definition) is 7. The fourth-order valence-corrected chi connectivity index (χ4v) is 7.00. The van der Waals surface area contributed by atoms with Crippen molar-refractivity contribution in [3.63, 3.8) is 0 Å². The minimum atomic E-state index is -3.87. The van der Waals surface area contributed by atoms with Crippen LogP contribution in [0.1, 0.15) is 25.7 Å². The van der Waals surface area contributed by atoms with E-state index in [-0.39, 0.29) is 22.8 Å². The maximum Gasteiger partial charge on any atom is 0.268 e. The van der Waals surface area contributed by atoms with Gasteiger partial charge in [-0.25, -0.2) is 22.4 Å². The molecule has 2 aromatic heterocycles. The molecular weight excluding hydrogens is 572 g/mol. The normalized spacial score (nSPS) is 17.2. The Hall–Kier alpha value is -4.41. The lowest BCUT2D eigenvalue weighted by molar-refractivity contribution is -0.120. The molecule has 11 heteroatoms. The van der Waals surface area contributed by atoms with Crippen LogP contribution in [0.15, 0.2) is 96.2 Å². The summed E-state index contributed by atoms with van der Waals surface area (Å²) < 4.78 is 28.4. The number of carbonyl (C=O) groups excluding carboxylic acids is 1. The number of nitrogens with zero attached hydrogens (tertiary/aromatic N) is 3. The molecular formula is C31H29ClN6O3S. The highest BCUT2D eigenvalue weighted by Crippen LogP contribution is 2.36. The van der Waals surface area contributed by atoms with Crippen LogP contribution in [0.3, 0.4) is 0 Å². The van der Waals surface area contributed by atoms with Crippen LogP contribution in [0.5, 0.6) is 0 Å². The molecule has 0 spiro atoms. The molecule has 1 fully saturated rings. The number of nitrogen functional groups attached to an aromatic ring is 1. The van der Waals surface area contributed by atoms with E-state index in [0.717, 1.165) is 19.3 Å². The number of para-hydroxylation sites is 1. The average molecular weight is 601 g/mol. The average Bonchev–Trinajstić information content (AvgIpc) is 3.40. The number of nitrogens with one attached hydrogen (secondary N) is 2. The van der Waals surface area contributed by atoms with Crippen LogP contribution in [0.2, 0.25) is 5.02 Å². The number of hydrogen-bond donors (Lipinski definition) is 3. The first kappa shape index (κ1) is 27.7. The van der Waals surface area contributed by atoms with Crippen molar-refractivity contribution in [2.45, 2.75) is 36.6 Å². The van der Waals surface area contributed by atoms with Gasteiger partial charge in [-0.2, -0.15) is 0 Å². The molecule has 0 aliphatic heterocycles. The summed E-state index contributed by atoms with van der Waals surface area (Å²) in [6, 6.07) is 22.6. The first-order valence-electron chi connectivity index (χ1n) is 13.7. The van der Waals surface area contributed by atoms with Gasteiger partial charge in [0.25, 0.3) is 10.0 Å². The lowest BCUT2D eigenvalue weighted by Crippen LogP contribution is -2.34. The van der Waals surface area contributed by atoms with Crippen molar-refractivity contribution < 1.29 is 13.2 Å². The number of rotatable bonds is 7. The Kier molecular flexibility index (Phi) is 7.57. The SMILES string of the molecule is Nc1ccc(NC(=O)[C@H]2CCC[C@@H](Nc3ncc(Cl)c(-c4cn(S(=O)(=O)c5ccccc5)c5ccccc45)n3)C2)cc1. The Balaban J connectivity index is 1.26. The van der Waals surface area contributed by atoms with E-state index >= 15 is 0 Å². The van der Waals surface area contributed by atoms with E-state index in [1.54, 1.807) is 72.9 Å². The molecule has 1 amide bonds. The second-order valence-electron chi connectivity index (χ2n) is 10.4. The summed E-state index contributed by atoms with van der Waals surface area (Å²) in [6.45, 7) is 0. The van der Waals surface area contributed by atoms with E-state index < -0.39 is 10.0 Å². The smallest absolute Gasteiger partial charge is 0.268 e. The molecule has 5 aromatic rings. The Bertz CT molecular complexity index is 1860. The van der Waals surface area contributed by atoms with Gasteiger partial charge in [0.2, 0.25) is 11.9 Å². The Morgan fingerprint density at radius 1 is 0.976 bits per heavy atom. The Morgan fingerprint density at radius 2 is 1.71 bits per heavy atom. The maximum atomic E-state index is 13.6. The van der Waals surface area contributed by atoms with Crippen molar-refractivity contribution in [2.75, 3.05) is 16.4 Å². The van der Waals surface area contributed by atoms with Gasteiger partial charge in [0, 0.05) is 40.5 Å². The van der Waals surface area contributed by atoms with Crippen LogP contribution < -0.4 is 16.4 Å². The van der Waals surface area contributed by atoms with Crippen molar-refractivity contribution >= 4 is 55.8 Å². The summed E-state index contributed by atoms with van der Waals surface area (Å²) >= 11 is 6.59. The number of nitrogens with two attached hydrogens (primary N) is 1. The zero-order chi connectivity index (χ0) is 29.3. The quantitative estimate of drug-likeness (QED) is 0.190. The number of amides is 1. The summed E-state index contributed by atoms with van der Waals surface area (Å²) in [5.41, 5.74) is 8.61.